The van der Waals surface area contributed by atoms with Crippen LogP contribution in [0.15, 0.2) is 40.8 Å². The molecule has 1 unspecified atom stereocenters. The van der Waals surface area contributed by atoms with Crippen LogP contribution in [0.5, 0.6) is 5.75 Å². The van der Waals surface area contributed by atoms with Crippen LogP contribution in [-0.4, -0.2) is 24.4 Å². The van der Waals surface area contributed by atoms with Crippen LogP contribution in [0.25, 0.3) is 0 Å². The topological polar surface area (TPSA) is 121 Å². The number of primary amides is 1. The Kier molecular flexibility index (Phi) is 8.12. The Bertz CT molecular complexity index is 1180. The molecule has 180 valence electrons. The summed E-state index contributed by atoms with van der Waals surface area (Å²) in [5, 5.41) is 2.80. The van der Waals surface area contributed by atoms with Crippen LogP contribution in [0.4, 0.5) is 5.00 Å². The number of hydrogen-bond donors (Lipinski definition) is 2. The summed E-state index contributed by atoms with van der Waals surface area (Å²) in [6.07, 6.45) is 1.06. The van der Waals surface area contributed by atoms with E-state index in [0.717, 1.165) is 17.8 Å². The van der Waals surface area contributed by atoms with E-state index in [1.165, 1.54) is 11.6 Å². The Hall–Kier alpha value is -3.59. The molecule has 1 atom stereocenters. The van der Waals surface area contributed by atoms with E-state index in [1.54, 1.807) is 19.9 Å². The van der Waals surface area contributed by atoms with Gasteiger partial charge in [0.25, 0.3) is 11.8 Å². The van der Waals surface area contributed by atoms with Gasteiger partial charge in [-0.2, -0.15) is 0 Å². The number of benzene rings is 1. The maximum atomic E-state index is 12.7. The largest absolute Gasteiger partial charge is 0.486 e. The third kappa shape index (κ3) is 5.66. The highest BCUT2D eigenvalue weighted by molar-refractivity contribution is 7.18. The fraction of sp³-hybridized carbons (Fsp3) is 0.320. The number of rotatable bonds is 10. The Labute approximate surface area is 202 Å². The summed E-state index contributed by atoms with van der Waals surface area (Å²) >= 11 is 0.917. The second kappa shape index (κ2) is 11.0. The van der Waals surface area contributed by atoms with Gasteiger partial charge in [-0.15, -0.1) is 11.3 Å². The highest BCUT2D eigenvalue weighted by atomic mass is 32.1. The van der Waals surface area contributed by atoms with E-state index in [9.17, 15) is 14.4 Å². The molecule has 0 aliphatic carbocycles. The molecule has 3 rings (SSSR count). The molecule has 0 aliphatic rings. The second-order valence-electron chi connectivity index (χ2n) is 7.73. The van der Waals surface area contributed by atoms with E-state index in [1.807, 2.05) is 24.3 Å². The minimum atomic E-state index is -0.692. The van der Waals surface area contributed by atoms with Crippen molar-refractivity contribution >= 4 is 34.1 Å². The number of nitrogens with two attached hydrogens (primary N) is 1. The van der Waals surface area contributed by atoms with Gasteiger partial charge < -0.3 is 24.9 Å². The number of ether oxygens (including phenoxy) is 2. The zero-order valence-corrected chi connectivity index (χ0v) is 20.4. The second-order valence-corrected chi connectivity index (χ2v) is 8.75. The number of furan rings is 1. The number of hydrogen-bond acceptors (Lipinski definition) is 7. The predicted molar refractivity (Wildman–Crippen MR) is 130 cm³/mol. The third-order valence-corrected chi connectivity index (χ3v) is 6.63. The van der Waals surface area contributed by atoms with Gasteiger partial charge in [0.2, 0.25) is 0 Å². The number of anilines is 1. The monoisotopic (exact) mass is 484 g/mol. The molecule has 0 spiro atoms. The van der Waals surface area contributed by atoms with Crippen LogP contribution in [0.1, 0.15) is 80.6 Å². The first-order valence-electron chi connectivity index (χ1n) is 11.0. The molecule has 0 bridgehead atoms. The summed E-state index contributed by atoms with van der Waals surface area (Å²) in [4.78, 5) is 37.0. The normalized spacial score (nSPS) is 11.6. The molecule has 2 heterocycles. The Morgan fingerprint density at radius 2 is 1.82 bits per heavy atom. The minimum absolute atomic E-state index is 0.0344. The molecule has 0 radical (unpaired) electrons. The van der Waals surface area contributed by atoms with Gasteiger partial charge in [-0.25, -0.2) is 4.79 Å². The van der Waals surface area contributed by atoms with Crippen LogP contribution in [0, 0.1) is 6.92 Å². The summed E-state index contributed by atoms with van der Waals surface area (Å²) in [5.41, 5.74) is 7.11. The molecule has 9 heteroatoms. The molecule has 2 aromatic heterocycles. The van der Waals surface area contributed by atoms with Crippen molar-refractivity contribution in [3.05, 3.63) is 69.5 Å². The number of esters is 1. The molecule has 8 nitrogen and oxygen atoms in total. The van der Waals surface area contributed by atoms with Gasteiger partial charge in [0.15, 0.2) is 5.76 Å². The lowest BCUT2D eigenvalue weighted by atomic mass is 9.99. The van der Waals surface area contributed by atoms with Crippen LogP contribution in [-0.2, 0) is 11.3 Å². The average Bonchev–Trinajstić information content (AvgIpc) is 3.42. The van der Waals surface area contributed by atoms with Gasteiger partial charge in [-0.05, 0) is 61.6 Å². The van der Waals surface area contributed by atoms with E-state index < -0.39 is 17.8 Å². The molecule has 3 N–H and O–H groups in total. The molecule has 0 saturated heterocycles. The molecule has 0 aliphatic heterocycles. The molecular weight excluding hydrogens is 456 g/mol. The Morgan fingerprint density at radius 3 is 2.44 bits per heavy atom. The highest BCUT2D eigenvalue weighted by Gasteiger charge is 2.26. The first-order valence-corrected chi connectivity index (χ1v) is 11.8. The third-order valence-electron chi connectivity index (χ3n) is 5.41. The van der Waals surface area contributed by atoms with E-state index in [2.05, 4.69) is 19.2 Å². The molecule has 34 heavy (non-hydrogen) atoms. The predicted octanol–water partition coefficient (Wildman–Crippen LogP) is 5.27. The Morgan fingerprint density at radius 1 is 1.12 bits per heavy atom. The van der Waals surface area contributed by atoms with Crippen molar-refractivity contribution in [2.45, 2.75) is 46.6 Å². The van der Waals surface area contributed by atoms with Crippen molar-refractivity contribution in [3.8, 4) is 5.75 Å². The quantitative estimate of drug-likeness (QED) is 0.378. The first kappa shape index (κ1) is 25.0. The zero-order chi connectivity index (χ0) is 24.8. The van der Waals surface area contributed by atoms with E-state index >= 15 is 0 Å². The number of nitrogens with one attached hydrogen (secondary N) is 1. The van der Waals surface area contributed by atoms with Crippen molar-refractivity contribution in [2.24, 2.45) is 5.73 Å². The fourth-order valence-corrected chi connectivity index (χ4v) is 4.35. The number of thiophene rings is 1. The molecular formula is C25H28N2O6S. The van der Waals surface area contributed by atoms with Crippen LogP contribution in [0.3, 0.4) is 0 Å². The molecule has 0 saturated carbocycles. The van der Waals surface area contributed by atoms with Crippen LogP contribution >= 0.6 is 11.3 Å². The number of carbonyl (C=O) groups is 3. The standard InChI is InChI=1S/C25H28N2O6S/c1-5-14(3)16-7-9-17(10-8-16)32-13-18-11-12-19(33-18)23(29)27-24-20(25(30)31-6-2)15(4)21(34-24)22(26)28/h7-12,14H,5-6,13H2,1-4H3,(H2,26,28)(H,27,29). The molecule has 0 fully saturated rings. The zero-order valence-electron chi connectivity index (χ0n) is 19.6. The molecule has 3 aromatic rings. The van der Waals surface area contributed by atoms with Crippen molar-refractivity contribution in [1.82, 2.24) is 0 Å². The summed E-state index contributed by atoms with van der Waals surface area (Å²) in [6.45, 7) is 7.86. The maximum absolute atomic E-state index is 12.7. The van der Waals surface area contributed by atoms with E-state index in [4.69, 9.17) is 19.6 Å². The minimum Gasteiger partial charge on any atom is -0.486 e. The SMILES string of the molecule is CCOC(=O)c1c(NC(=O)c2ccc(COc3ccc(C(C)CC)cc3)o2)sc(C(N)=O)c1C. The maximum Gasteiger partial charge on any atom is 0.341 e. The van der Waals surface area contributed by atoms with E-state index in [-0.39, 0.29) is 34.4 Å². The van der Waals surface area contributed by atoms with Crippen LogP contribution < -0.4 is 15.8 Å². The summed E-state index contributed by atoms with van der Waals surface area (Å²) < 4.78 is 16.4. The lowest BCUT2D eigenvalue weighted by molar-refractivity contribution is 0.0527. The summed E-state index contributed by atoms with van der Waals surface area (Å²) in [7, 11) is 0. The van der Waals surface area contributed by atoms with Gasteiger partial charge in [-0.3, -0.25) is 9.59 Å². The fourth-order valence-electron chi connectivity index (χ4n) is 3.31. The van der Waals surface area contributed by atoms with Crippen molar-refractivity contribution in [2.75, 3.05) is 11.9 Å². The highest BCUT2D eigenvalue weighted by Crippen LogP contribution is 2.34. The van der Waals surface area contributed by atoms with Gasteiger partial charge in [0, 0.05) is 0 Å². The summed E-state index contributed by atoms with van der Waals surface area (Å²) in [5.74, 6) is -0.242. The van der Waals surface area contributed by atoms with Crippen molar-refractivity contribution in [1.29, 1.82) is 0 Å². The molecule has 2 amide bonds. The van der Waals surface area contributed by atoms with Gasteiger partial charge in [0.1, 0.15) is 23.1 Å². The van der Waals surface area contributed by atoms with Crippen LogP contribution in [0.2, 0.25) is 0 Å². The van der Waals surface area contributed by atoms with Crippen molar-refractivity contribution < 1.29 is 28.3 Å². The lowest BCUT2D eigenvalue weighted by Gasteiger charge is -2.10. The number of amides is 2. The first-order chi connectivity index (χ1) is 16.2. The molecule has 1 aromatic carbocycles. The smallest absolute Gasteiger partial charge is 0.341 e. The van der Waals surface area contributed by atoms with Gasteiger partial charge in [0.05, 0.1) is 17.0 Å². The Balaban J connectivity index is 1.69. The number of carbonyl (C=O) groups excluding carboxylic acids is 3. The van der Waals surface area contributed by atoms with Gasteiger partial charge >= 0.3 is 5.97 Å². The van der Waals surface area contributed by atoms with Gasteiger partial charge in [-0.1, -0.05) is 26.0 Å². The van der Waals surface area contributed by atoms with E-state index in [0.29, 0.717) is 23.0 Å². The summed E-state index contributed by atoms with van der Waals surface area (Å²) in [6, 6.07) is 11.0. The van der Waals surface area contributed by atoms with Crippen molar-refractivity contribution in [3.63, 3.8) is 0 Å². The lowest BCUT2D eigenvalue weighted by Crippen LogP contribution is -2.14. The average molecular weight is 485 g/mol.